The molecule has 4 rings (SSSR count). The van der Waals surface area contributed by atoms with E-state index in [1.807, 2.05) is 0 Å². The molecule has 1 N–H and O–H groups in total. The van der Waals surface area contributed by atoms with Crippen molar-refractivity contribution in [2.24, 2.45) is 0 Å². The fourth-order valence-corrected chi connectivity index (χ4v) is 2.68. The molecule has 2 aromatic heterocycles. The molecule has 0 aliphatic carbocycles. The van der Waals surface area contributed by atoms with Gasteiger partial charge in [-0.25, -0.2) is 9.37 Å². The predicted molar refractivity (Wildman–Crippen MR) is 102 cm³/mol. The van der Waals surface area contributed by atoms with Crippen molar-refractivity contribution >= 4 is 17.5 Å². The van der Waals surface area contributed by atoms with Crippen LogP contribution in [0.5, 0.6) is 0 Å². The van der Waals surface area contributed by atoms with Crippen LogP contribution in [-0.4, -0.2) is 21.0 Å². The van der Waals surface area contributed by atoms with E-state index in [9.17, 15) is 9.18 Å². The minimum atomic E-state index is -0.347. The number of benzene rings is 2. The van der Waals surface area contributed by atoms with Crippen molar-refractivity contribution in [1.29, 1.82) is 0 Å². The number of carbonyl (C=O) groups is 1. The fourth-order valence-electron chi connectivity index (χ4n) is 2.56. The molecule has 0 aliphatic heterocycles. The number of rotatable bonds is 6. The topological polar surface area (TPSA) is 94.1 Å². The molecule has 0 saturated carbocycles. The normalized spacial score (nSPS) is 10.8. The maximum Gasteiger partial charge on any atom is 0.246 e. The van der Waals surface area contributed by atoms with Gasteiger partial charge in [-0.2, -0.15) is 4.98 Å². The zero-order valence-electron chi connectivity index (χ0n) is 14.9. The summed E-state index contributed by atoms with van der Waals surface area (Å²) < 4.78 is 23.5. The summed E-state index contributed by atoms with van der Waals surface area (Å²) in [5, 5.41) is 7.19. The van der Waals surface area contributed by atoms with Crippen molar-refractivity contribution in [3.8, 4) is 22.8 Å². The number of nitrogens with zero attached hydrogens (tertiary/aromatic N) is 3. The summed E-state index contributed by atoms with van der Waals surface area (Å²) in [4.78, 5) is 20.6. The van der Waals surface area contributed by atoms with Gasteiger partial charge in [0.15, 0.2) is 0 Å². The number of hydrogen-bond acceptors (Lipinski definition) is 6. The second kappa shape index (κ2) is 8.24. The van der Waals surface area contributed by atoms with Crippen molar-refractivity contribution in [2.75, 3.05) is 0 Å². The van der Waals surface area contributed by atoms with Gasteiger partial charge in [-0.15, -0.1) is 0 Å². The summed E-state index contributed by atoms with van der Waals surface area (Å²) in [6.45, 7) is 0.0854. The van der Waals surface area contributed by atoms with Gasteiger partial charge in [0.05, 0.1) is 18.7 Å². The van der Waals surface area contributed by atoms with Gasteiger partial charge in [0.2, 0.25) is 23.5 Å². The van der Waals surface area contributed by atoms with Gasteiger partial charge < -0.3 is 14.3 Å². The molecule has 1 amide bonds. The number of aromatic nitrogens is 3. The molecule has 0 saturated heterocycles. The Balaban J connectivity index is 1.33. The van der Waals surface area contributed by atoms with Crippen LogP contribution in [0.3, 0.4) is 0 Å². The smallest absolute Gasteiger partial charge is 0.246 e. The van der Waals surface area contributed by atoms with Gasteiger partial charge in [-0.05, 0) is 48.5 Å². The lowest BCUT2D eigenvalue weighted by Gasteiger charge is -1.99. The van der Waals surface area contributed by atoms with E-state index in [0.717, 1.165) is 5.56 Å². The first-order valence-corrected chi connectivity index (χ1v) is 9.00. The van der Waals surface area contributed by atoms with Crippen molar-refractivity contribution in [3.63, 3.8) is 0 Å². The van der Waals surface area contributed by atoms with Gasteiger partial charge in [0, 0.05) is 16.1 Å². The Labute approximate surface area is 169 Å². The van der Waals surface area contributed by atoms with Crippen LogP contribution < -0.4 is 5.32 Å². The molecule has 0 spiro atoms. The maximum atomic E-state index is 13.0. The number of hydrogen-bond donors (Lipinski definition) is 1. The van der Waals surface area contributed by atoms with E-state index in [1.54, 1.807) is 36.4 Å². The lowest BCUT2D eigenvalue weighted by atomic mass is 10.2. The number of oxazole rings is 1. The van der Waals surface area contributed by atoms with Crippen LogP contribution in [0.15, 0.2) is 63.7 Å². The number of amides is 1. The first kappa shape index (κ1) is 18.8. The summed E-state index contributed by atoms with van der Waals surface area (Å²) in [6.07, 6.45) is 1.41. The second-order valence-corrected chi connectivity index (χ2v) is 6.56. The van der Waals surface area contributed by atoms with Gasteiger partial charge in [0.1, 0.15) is 12.1 Å². The van der Waals surface area contributed by atoms with Crippen LogP contribution in [-0.2, 0) is 17.8 Å². The zero-order chi connectivity index (χ0) is 20.2. The molecule has 2 aromatic carbocycles. The molecule has 146 valence electrons. The Morgan fingerprint density at radius 2 is 1.76 bits per heavy atom. The Bertz CT molecular complexity index is 1120. The molecule has 0 aliphatic rings. The summed E-state index contributed by atoms with van der Waals surface area (Å²) in [5.74, 6) is 0.370. The molecule has 0 atom stereocenters. The Kier molecular flexibility index (Phi) is 5.35. The van der Waals surface area contributed by atoms with E-state index < -0.39 is 0 Å². The van der Waals surface area contributed by atoms with Gasteiger partial charge in [-0.3, -0.25) is 4.79 Å². The highest BCUT2D eigenvalue weighted by atomic mass is 35.5. The molecular formula is C20H14ClFN4O3. The summed E-state index contributed by atoms with van der Waals surface area (Å²) >= 11 is 5.86. The number of nitrogens with one attached hydrogen (secondary N) is 1. The van der Waals surface area contributed by atoms with Gasteiger partial charge in [0.25, 0.3) is 0 Å². The quantitative estimate of drug-likeness (QED) is 0.513. The number of halogens is 2. The van der Waals surface area contributed by atoms with Crippen LogP contribution >= 0.6 is 11.6 Å². The van der Waals surface area contributed by atoms with Crippen LogP contribution in [0, 0.1) is 5.82 Å². The van der Waals surface area contributed by atoms with Crippen molar-refractivity contribution in [1.82, 2.24) is 20.4 Å². The maximum absolute atomic E-state index is 13.0. The van der Waals surface area contributed by atoms with E-state index in [1.165, 1.54) is 18.4 Å². The second-order valence-electron chi connectivity index (χ2n) is 6.12. The summed E-state index contributed by atoms with van der Waals surface area (Å²) in [6, 6.07) is 12.7. The van der Waals surface area contributed by atoms with Crippen LogP contribution in [0.1, 0.15) is 11.6 Å². The minimum Gasteiger partial charge on any atom is -0.444 e. The Morgan fingerprint density at radius 1 is 1.03 bits per heavy atom. The zero-order valence-corrected chi connectivity index (χ0v) is 15.7. The average Bonchev–Trinajstić information content (AvgIpc) is 3.37. The van der Waals surface area contributed by atoms with Gasteiger partial charge in [-0.1, -0.05) is 16.8 Å². The molecule has 0 radical (unpaired) electrons. The fraction of sp³-hybridized carbons (Fsp3) is 0.100. The lowest BCUT2D eigenvalue weighted by Crippen LogP contribution is -2.24. The summed E-state index contributed by atoms with van der Waals surface area (Å²) in [5.41, 5.74) is 1.83. The standard InChI is InChI=1S/C20H14ClFN4O3/c21-14-5-1-12(2-6-14)19-25-18(29-26-19)10-23-17(27)9-16-11-28-20(24-16)13-3-7-15(22)8-4-13/h1-8,11H,9-10H2,(H,23,27). The molecule has 0 fully saturated rings. The molecule has 29 heavy (non-hydrogen) atoms. The Hall–Kier alpha value is -3.52. The van der Waals surface area contributed by atoms with Crippen molar-refractivity contribution in [2.45, 2.75) is 13.0 Å². The van der Waals surface area contributed by atoms with E-state index in [2.05, 4.69) is 20.4 Å². The van der Waals surface area contributed by atoms with E-state index in [0.29, 0.717) is 28.0 Å². The molecule has 9 heteroatoms. The van der Waals surface area contributed by atoms with E-state index in [-0.39, 0.29) is 30.6 Å². The van der Waals surface area contributed by atoms with Crippen LogP contribution in [0.2, 0.25) is 5.02 Å². The van der Waals surface area contributed by atoms with Crippen molar-refractivity contribution in [3.05, 3.63) is 77.2 Å². The Morgan fingerprint density at radius 3 is 2.52 bits per heavy atom. The highest BCUT2D eigenvalue weighted by Crippen LogP contribution is 2.20. The minimum absolute atomic E-state index is 0.0167. The number of carbonyl (C=O) groups excluding carboxylic acids is 1. The molecular weight excluding hydrogens is 399 g/mol. The molecule has 2 heterocycles. The summed E-state index contributed by atoms with van der Waals surface area (Å²) in [7, 11) is 0. The SMILES string of the molecule is O=C(Cc1coc(-c2ccc(F)cc2)n1)NCc1nc(-c2ccc(Cl)cc2)no1. The first-order chi connectivity index (χ1) is 14.1. The van der Waals surface area contributed by atoms with E-state index in [4.69, 9.17) is 20.5 Å². The highest BCUT2D eigenvalue weighted by Gasteiger charge is 2.13. The first-order valence-electron chi connectivity index (χ1n) is 8.62. The highest BCUT2D eigenvalue weighted by molar-refractivity contribution is 6.30. The third-order valence-electron chi connectivity index (χ3n) is 3.99. The van der Waals surface area contributed by atoms with Crippen molar-refractivity contribution < 1.29 is 18.1 Å². The predicted octanol–water partition coefficient (Wildman–Crippen LogP) is 4.04. The molecule has 7 nitrogen and oxygen atoms in total. The average molecular weight is 413 g/mol. The third kappa shape index (κ3) is 4.67. The molecule has 0 unspecified atom stereocenters. The third-order valence-corrected chi connectivity index (χ3v) is 4.24. The lowest BCUT2D eigenvalue weighted by molar-refractivity contribution is -0.120. The molecule has 0 bridgehead atoms. The van der Waals surface area contributed by atoms with Crippen LogP contribution in [0.25, 0.3) is 22.8 Å². The largest absolute Gasteiger partial charge is 0.444 e. The molecule has 4 aromatic rings. The monoisotopic (exact) mass is 412 g/mol. The van der Waals surface area contributed by atoms with E-state index >= 15 is 0 Å². The van der Waals surface area contributed by atoms with Gasteiger partial charge >= 0.3 is 0 Å². The van der Waals surface area contributed by atoms with Crippen LogP contribution in [0.4, 0.5) is 4.39 Å².